The number of nitrogens with two attached hydrogens (primary N) is 1. The van der Waals surface area contributed by atoms with Crippen LogP contribution in [0.3, 0.4) is 0 Å². The number of carboxylic acids is 1. The molecule has 0 spiro atoms. The lowest BCUT2D eigenvalue weighted by atomic mass is 10.0. The molecular weight excluding hydrogens is 599 g/mol. The fraction of sp³-hybridized carbons (Fsp3) is 0.433. The van der Waals surface area contributed by atoms with E-state index in [4.69, 9.17) is 21.0 Å². The molecule has 1 atom stereocenters. The SMILES string of the molecule is CC(=O)N1CCC(Oc2ccc(N(CC(C)CC(=O)Nc3cc(C(=N)N)ccc3O)C(=O)CCC(=O)O)cc2C(F)(F)F)CC1. The second-order valence-corrected chi connectivity index (χ2v) is 10.9. The number of phenols is 1. The van der Waals surface area contributed by atoms with E-state index in [1.165, 1.54) is 31.2 Å². The van der Waals surface area contributed by atoms with Gasteiger partial charge in [0.1, 0.15) is 23.4 Å². The lowest BCUT2D eigenvalue weighted by molar-refractivity contribution is -0.139. The van der Waals surface area contributed by atoms with Gasteiger partial charge >= 0.3 is 12.1 Å². The number of benzene rings is 2. The van der Waals surface area contributed by atoms with Crippen molar-refractivity contribution >= 4 is 40.9 Å². The highest BCUT2D eigenvalue weighted by atomic mass is 19.4. The van der Waals surface area contributed by atoms with Gasteiger partial charge in [-0.25, -0.2) is 0 Å². The number of anilines is 2. The van der Waals surface area contributed by atoms with Gasteiger partial charge in [0, 0.05) is 63.5 Å². The molecule has 6 N–H and O–H groups in total. The Labute approximate surface area is 257 Å². The van der Waals surface area contributed by atoms with Crippen LogP contribution in [-0.4, -0.2) is 70.4 Å². The van der Waals surface area contributed by atoms with Crippen molar-refractivity contribution in [3.05, 3.63) is 47.5 Å². The molecule has 1 aliphatic heterocycles. The summed E-state index contributed by atoms with van der Waals surface area (Å²) in [6.45, 7) is 3.46. The fourth-order valence-corrected chi connectivity index (χ4v) is 4.88. The number of amidine groups is 1. The summed E-state index contributed by atoms with van der Waals surface area (Å²) in [6, 6.07) is 7.08. The van der Waals surface area contributed by atoms with Gasteiger partial charge < -0.3 is 35.8 Å². The minimum Gasteiger partial charge on any atom is -0.506 e. The largest absolute Gasteiger partial charge is 0.506 e. The molecule has 1 unspecified atom stereocenters. The summed E-state index contributed by atoms with van der Waals surface area (Å²) in [7, 11) is 0. The zero-order valence-corrected chi connectivity index (χ0v) is 24.8. The van der Waals surface area contributed by atoms with Crippen molar-refractivity contribution in [3.63, 3.8) is 0 Å². The number of alkyl halides is 3. The summed E-state index contributed by atoms with van der Waals surface area (Å²) in [5.74, 6) is -4.38. The Morgan fingerprint density at radius 3 is 2.38 bits per heavy atom. The molecule has 3 amide bonds. The molecule has 2 aromatic rings. The smallest absolute Gasteiger partial charge is 0.420 e. The van der Waals surface area contributed by atoms with Crippen LogP contribution < -0.4 is 20.7 Å². The number of carbonyl (C=O) groups excluding carboxylic acids is 3. The molecule has 0 radical (unpaired) electrons. The quantitative estimate of drug-likeness (QED) is 0.132. The Balaban J connectivity index is 1.82. The number of ether oxygens (including phenoxy) is 1. The van der Waals surface area contributed by atoms with Crippen molar-refractivity contribution < 1.29 is 47.3 Å². The van der Waals surface area contributed by atoms with Gasteiger partial charge in [-0.1, -0.05) is 6.92 Å². The van der Waals surface area contributed by atoms with Crippen LogP contribution in [-0.2, 0) is 25.4 Å². The molecule has 1 fully saturated rings. The van der Waals surface area contributed by atoms with Crippen LogP contribution in [0.25, 0.3) is 0 Å². The van der Waals surface area contributed by atoms with Crippen LogP contribution in [0.2, 0.25) is 0 Å². The van der Waals surface area contributed by atoms with Gasteiger partial charge in [0.15, 0.2) is 0 Å². The monoisotopic (exact) mass is 635 g/mol. The number of rotatable bonds is 12. The molecule has 1 aliphatic rings. The van der Waals surface area contributed by atoms with Crippen molar-refractivity contribution in [2.75, 3.05) is 29.9 Å². The number of nitrogens with one attached hydrogen (secondary N) is 2. The number of nitrogen functional groups attached to an aromatic ring is 1. The Kier molecular flexibility index (Phi) is 11.4. The average Bonchev–Trinajstić information content (AvgIpc) is 2.95. The highest BCUT2D eigenvalue weighted by Gasteiger charge is 2.37. The lowest BCUT2D eigenvalue weighted by Gasteiger charge is -2.32. The Bertz CT molecular complexity index is 1440. The van der Waals surface area contributed by atoms with Crippen LogP contribution in [0, 0.1) is 11.3 Å². The van der Waals surface area contributed by atoms with E-state index < -0.39 is 60.1 Å². The normalized spacial score (nSPS) is 14.4. The number of phenolic OH excluding ortho intramolecular Hbond substituents is 1. The van der Waals surface area contributed by atoms with E-state index in [9.17, 15) is 37.5 Å². The number of hydrogen-bond donors (Lipinski definition) is 5. The number of amides is 3. The second kappa shape index (κ2) is 14.8. The van der Waals surface area contributed by atoms with E-state index in [0.29, 0.717) is 25.9 Å². The van der Waals surface area contributed by atoms with Gasteiger partial charge in [0.25, 0.3) is 0 Å². The van der Waals surface area contributed by atoms with E-state index in [1.807, 2.05) is 0 Å². The molecule has 3 rings (SSSR count). The molecular formula is C30H36F3N5O7. The third-order valence-corrected chi connectivity index (χ3v) is 7.22. The zero-order chi connectivity index (χ0) is 33.5. The maximum Gasteiger partial charge on any atom is 0.420 e. The summed E-state index contributed by atoms with van der Waals surface area (Å²) in [5, 5.41) is 29.2. The molecule has 0 aromatic heterocycles. The van der Waals surface area contributed by atoms with Crippen molar-refractivity contribution in [1.82, 2.24) is 4.90 Å². The Morgan fingerprint density at radius 1 is 1.13 bits per heavy atom. The van der Waals surface area contributed by atoms with Crippen LogP contribution in [0.5, 0.6) is 11.5 Å². The van der Waals surface area contributed by atoms with Crippen LogP contribution in [0.15, 0.2) is 36.4 Å². The topological polar surface area (TPSA) is 186 Å². The maximum atomic E-state index is 14.2. The lowest BCUT2D eigenvalue weighted by Crippen LogP contribution is -2.40. The second-order valence-electron chi connectivity index (χ2n) is 10.9. The predicted molar refractivity (Wildman–Crippen MR) is 158 cm³/mol. The van der Waals surface area contributed by atoms with Crippen molar-refractivity contribution in [2.45, 2.75) is 58.2 Å². The van der Waals surface area contributed by atoms with Crippen molar-refractivity contribution in [2.24, 2.45) is 11.7 Å². The van der Waals surface area contributed by atoms with Crippen LogP contribution >= 0.6 is 0 Å². The highest BCUT2D eigenvalue weighted by molar-refractivity contribution is 5.99. The minimum absolute atomic E-state index is 0.00772. The molecule has 0 bridgehead atoms. The highest BCUT2D eigenvalue weighted by Crippen LogP contribution is 2.40. The van der Waals surface area contributed by atoms with Gasteiger partial charge in [-0.2, -0.15) is 13.2 Å². The number of carbonyl (C=O) groups is 4. The molecule has 1 heterocycles. The number of nitrogens with zero attached hydrogens (tertiary/aromatic N) is 2. The Morgan fingerprint density at radius 2 is 1.80 bits per heavy atom. The summed E-state index contributed by atoms with van der Waals surface area (Å²) >= 11 is 0. The molecule has 12 nitrogen and oxygen atoms in total. The number of likely N-dealkylation sites (tertiary alicyclic amines) is 1. The number of carboxylic acid groups (broad SMARTS) is 1. The van der Waals surface area contributed by atoms with Gasteiger partial charge in [0.2, 0.25) is 17.7 Å². The number of aliphatic carboxylic acids is 1. The molecule has 45 heavy (non-hydrogen) atoms. The third kappa shape index (κ3) is 9.84. The first kappa shape index (κ1) is 34.7. The van der Waals surface area contributed by atoms with Crippen LogP contribution in [0.4, 0.5) is 24.5 Å². The number of aromatic hydroxyl groups is 1. The number of hydrogen-bond acceptors (Lipinski definition) is 7. The van der Waals surface area contributed by atoms with Gasteiger partial charge in [-0.15, -0.1) is 0 Å². The summed E-state index contributed by atoms with van der Waals surface area (Å²) in [5.41, 5.74) is 4.42. The van der Waals surface area contributed by atoms with Crippen molar-refractivity contribution in [3.8, 4) is 11.5 Å². The first-order valence-electron chi connectivity index (χ1n) is 14.2. The van der Waals surface area contributed by atoms with Crippen molar-refractivity contribution in [1.29, 1.82) is 5.41 Å². The van der Waals surface area contributed by atoms with Gasteiger partial charge in [0.05, 0.1) is 17.7 Å². The molecule has 244 valence electrons. The summed E-state index contributed by atoms with van der Waals surface area (Å²) < 4.78 is 48.3. The first-order valence-corrected chi connectivity index (χ1v) is 14.2. The third-order valence-electron chi connectivity index (χ3n) is 7.22. The van der Waals surface area contributed by atoms with Gasteiger partial charge in [-0.05, 0) is 42.3 Å². The van der Waals surface area contributed by atoms with E-state index >= 15 is 0 Å². The van der Waals surface area contributed by atoms with Crippen LogP contribution in [0.1, 0.15) is 57.1 Å². The van der Waals surface area contributed by atoms with E-state index in [0.717, 1.165) is 17.0 Å². The molecule has 1 saturated heterocycles. The van der Waals surface area contributed by atoms with E-state index in [1.54, 1.807) is 11.8 Å². The fourth-order valence-electron chi connectivity index (χ4n) is 4.88. The molecule has 2 aromatic carbocycles. The van der Waals surface area contributed by atoms with Gasteiger partial charge in [-0.3, -0.25) is 24.6 Å². The first-order chi connectivity index (χ1) is 21.0. The summed E-state index contributed by atoms with van der Waals surface area (Å²) in [4.78, 5) is 51.2. The average molecular weight is 636 g/mol. The Hall–Kier alpha value is -4.82. The number of piperidine rings is 1. The van der Waals surface area contributed by atoms with E-state index in [-0.39, 0.29) is 47.4 Å². The summed E-state index contributed by atoms with van der Waals surface area (Å²) in [6.07, 6.45) is -6.00. The minimum atomic E-state index is -4.86. The standard InChI is InChI=1S/C30H36F3N5O7/c1-17(13-26(41)36-23-14-19(29(34)35)3-5-24(23)40)16-38(27(42)7-8-28(43)44)20-4-6-25(22(15-20)30(31,32)33)45-21-9-11-37(12-10-21)18(2)39/h3-6,14-15,17,21,40H,7-13,16H2,1-2H3,(H3,34,35)(H,36,41)(H,43,44). The maximum absolute atomic E-state index is 14.2. The number of halogens is 3. The molecule has 0 aliphatic carbocycles. The molecule has 15 heteroatoms. The zero-order valence-electron chi connectivity index (χ0n) is 24.8. The van der Waals surface area contributed by atoms with E-state index in [2.05, 4.69) is 5.32 Å². The molecule has 0 saturated carbocycles. The predicted octanol–water partition coefficient (Wildman–Crippen LogP) is 3.95.